The van der Waals surface area contributed by atoms with Crippen LogP contribution in [0.4, 0.5) is 14.5 Å². The topological polar surface area (TPSA) is 114 Å². The van der Waals surface area contributed by atoms with Gasteiger partial charge >= 0.3 is 0 Å². The Balaban J connectivity index is 1.72. The molecule has 0 unspecified atom stereocenters. The first-order valence-corrected chi connectivity index (χ1v) is 12.5. The Morgan fingerprint density at radius 1 is 1.28 bits per heavy atom. The minimum atomic E-state index is -2.53. The Kier molecular flexibility index (Phi) is 9.34. The number of anilines is 1. The van der Waals surface area contributed by atoms with E-state index in [0.29, 0.717) is 17.6 Å². The molecule has 0 saturated carbocycles. The highest BCUT2D eigenvalue weighted by atomic mass is 32.1. The molecule has 36 heavy (non-hydrogen) atoms. The third-order valence-electron chi connectivity index (χ3n) is 5.93. The minimum absolute atomic E-state index is 0.0788. The van der Waals surface area contributed by atoms with Gasteiger partial charge in [-0.25, -0.2) is 8.78 Å². The highest BCUT2D eigenvalue weighted by Crippen LogP contribution is 2.27. The van der Waals surface area contributed by atoms with Crippen molar-refractivity contribution in [2.75, 3.05) is 31.5 Å². The molecule has 3 rings (SSSR count). The second-order valence-corrected chi connectivity index (χ2v) is 9.47. The Labute approximate surface area is 211 Å². The van der Waals surface area contributed by atoms with Crippen molar-refractivity contribution in [3.05, 3.63) is 49.4 Å². The van der Waals surface area contributed by atoms with E-state index in [1.165, 1.54) is 4.57 Å². The van der Waals surface area contributed by atoms with Gasteiger partial charge in [0.2, 0.25) is 0 Å². The van der Waals surface area contributed by atoms with E-state index < -0.39 is 11.8 Å². The first-order valence-electron chi connectivity index (χ1n) is 11.7. The molecule has 8 nitrogen and oxygen atoms in total. The summed E-state index contributed by atoms with van der Waals surface area (Å²) < 4.78 is 28.5. The van der Waals surface area contributed by atoms with Crippen LogP contribution < -0.4 is 25.4 Å². The number of aromatic nitrogens is 1. The van der Waals surface area contributed by atoms with Crippen LogP contribution in [0.15, 0.2) is 29.1 Å². The quantitative estimate of drug-likeness (QED) is 0.493. The summed E-state index contributed by atoms with van der Waals surface area (Å²) in [7, 11) is 0. The van der Waals surface area contributed by atoms with Crippen molar-refractivity contribution in [2.45, 2.75) is 45.1 Å². The zero-order valence-corrected chi connectivity index (χ0v) is 20.8. The van der Waals surface area contributed by atoms with Crippen LogP contribution in [0.5, 0.6) is 0 Å². The van der Waals surface area contributed by atoms with Gasteiger partial charge in [0.15, 0.2) is 5.57 Å². The summed E-state index contributed by atoms with van der Waals surface area (Å²) in [6, 6.07) is 11.4. The fraction of sp³-hybridized carbons (Fsp3) is 0.440. The number of amides is 1. The maximum Gasteiger partial charge on any atom is 0.270 e. The number of likely N-dealkylation sites (tertiary alicyclic amines) is 1. The van der Waals surface area contributed by atoms with Crippen molar-refractivity contribution in [1.29, 1.82) is 10.5 Å². The summed E-state index contributed by atoms with van der Waals surface area (Å²) >= 11 is 1.03. The summed E-state index contributed by atoms with van der Waals surface area (Å²) in [6.45, 7) is 3.40. The van der Waals surface area contributed by atoms with Crippen LogP contribution in [-0.4, -0.2) is 47.5 Å². The fourth-order valence-electron chi connectivity index (χ4n) is 3.97. The summed E-state index contributed by atoms with van der Waals surface area (Å²) in [6.07, 6.45) is 3.05. The maximum atomic E-state index is 13.3. The minimum Gasteiger partial charge on any atom is -0.360 e. The number of carbonyl (C=O) groups is 1. The van der Waals surface area contributed by atoms with Crippen molar-refractivity contribution in [2.24, 2.45) is 0 Å². The smallest absolute Gasteiger partial charge is 0.270 e. The lowest BCUT2D eigenvalue weighted by Gasteiger charge is -2.31. The van der Waals surface area contributed by atoms with E-state index in [1.807, 2.05) is 30.3 Å². The van der Waals surface area contributed by atoms with Gasteiger partial charge in [0.1, 0.15) is 21.8 Å². The van der Waals surface area contributed by atoms with Crippen molar-refractivity contribution in [1.82, 2.24) is 14.8 Å². The molecule has 1 aromatic carbocycles. The SMILES string of the molecule is CCn1c(=C(C#N)C(=O)NCC#N)sc(=CNc2cccc(CCCN3CCC(F)(F)CC3)c2)c1=O. The van der Waals surface area contributed by atoms with Crippen LogP contribution in [0.1, 0.15) is 31.7 Å². The van der Waals surface area contributed by atoms with Gasteiger partial charge in [-0.05, 0) is 44.0 Å². The van der Waals surface area contributed by atoms with Gasteiger partial charge < -0.3 is 15.5 Å². The van der Waals surface area contributed by atoms with Gasteiger partial charge in [0, 0.05) is 44.4 Å². The Hall–Kier alpha value is -3.54. The van der Waals surface area contributed by atoms with Crippen LogP contribution in [0.25, 0.3) is 11.8 Å². The number of benzene rings is 1. The second-order valence-electron chi connectivity index (χ2n) is 8.44. The number of rotatable bonds is 9. The lowest BCUT2D eigenvalue weighted by Crippen LogP contribution is -2.39. The van der Waals surface area contributed by atoms with E-state index in [4.69, 9.17) is 5.26 Å². The first-order chi connectivity index (χ1) is 17.3. The van der Waals surface area contributed by atoms with Gasteiger partial charge in [-0.3, -0.25) is 14.2 Å². The molecular weight excluding hydrogens is 486 g/mol. The van der Waals surface area contributed by atoms with E-state index in [2.05, 4.69) is 15.5 Å². The number of hydrogen-bond donors (Lipinski definition) is 2. The maximum absolute atomic E-state index is 13.3. The number of nitrogens with one attached hydrogen (secondary N) is 2. The molecule has 2 heterocycles. The van der Waals surface area contributed by atoms with E-state index >= 15 is 0 Å². The standard InChI is InChI=1S/C25H28F2N6O2S/c1-2-33-23(35)21(36-24(33)20(16-29)22(34)30-11-10-28)17-31-19-7-3-5-18(15-19)6-4-12-32-13-8-25(26,27)9-14-32/h3,5,7,15,17,31H,2,4,6,8-9,11-14H2,1H3,(H,30,34). The predicted molar refractivity (Wildman–Crippen MR) is 135 cm³/mol. The molecule has 0 radical (unpaired) electrons. The van der Waals surface area contributed by atoms with Gasteiger partial charge in [-0.15, -0.1) is 11.3 Å². The zero-order chi connectivity index (χ0) is 26.1. The number of halogens is 2. The number of carbonyl (C=O) groups excluding carboxylic acids is 1. The average molecular weight is 515 g/mol. The molecule has 1 fully saturated rings. The Morgan fingerprint density at radius 3 is 2.69 bits per heavy atom. The number of piperidine rings is 1. The molecule has 1 aromatic heterocycles. The number of nitrogens with zero attached hydrogens (tertiary/aromatic N) is 4. The molecule has 0 aliphatic carbocycles. The van der Waals surface area contributed by atoms with Crippen LogP contribution >= 0.6 is 11.3 Å². The monoisotopic (exact) mass is 514 g/mol. The number of thiazole rings is 1. The molecule has 11 heteroatoms. The highest BCUT2D eigenvalue weighted by molar-refractivity contribution is 7.07. The van der Waals surface area contributed by atoms with Gasteiger partial charge in [-0.2, -0.15) is 10.5 Å². The van der Waals surface area contributed by atoms with Gasteiger partial charge in [0.25, 0.3) is 17.4 Å². The molecule has 0 bridgehead atoms. The Bertz CT molecular complexity index is 1340. The number of nitriles is 2. The molecule has 0 atom stereocenters. The third kappa shape index (κ3) is 7.00. The molecule has 0 spiro atoms. The van der Waals surface area contributed by atoms with Crippen LogP contribution in [0, 0.1) is 22.7 Å². The molecular formula is C25H28F2N6O2S. The van der Waals surface area contributed by atoms with Gasteiger partial charge in [0.05, 0.1) is 6.07 Å². The molecule has 1 aliphatic heterocycles. The first kappa shape index (κ1) is 27.1. The molecule has 1 amide bonds. The van der Waals surface area contributed by atoms with Crippen molar-refractivity contribution in [3.63, 3.8) is 0 Å². The fourth-order valence-corrected chi connectivity index (χ4v) is 5.06. The van der Waals surface area contributed by atoms with Crippen LogP contribution in [0.2, 0.25) is 0 Å². The van der Waals surface area contributed by atoms with E-state index in [9.17, 15) is 23.6 Å². The van der Waals surface area contributed by atoms with E-state index in [1.54, 1.807) is 19.2 Å². The van der Waals surface area contributed by atoms with Crippen molar-refractivity contribution < 1.29 is 13.6 Å². The molecule has 2 aromatic rings. The number of aryl methyl sites for hydroxylation is 1. The lowest BCUT2D eigenvalue weighted by molar-refractivity contribution is -0.115. The summed E-state index contributed by atoms with van der Waals surface area (Å²) in [5.41, 5.74) is 1.32. The van der Waals surface area contributed by atoms with Crippen molar-refractivity contribution in [3.8, 4) is 12.1 Å². The van der Waals surface area contributed by atoms with E-state index in [0.717, 1.165) is 42.0 Å². The zero-order valence-electron chi connectivity index (χ0n) is 20.0. The largest absolute Gasteiger partial charge is 0.360 e. The van der Waals surface area contributed by atoms with E-state index in [-0.39, 0.29) is 41.7 Å². The molecule has 1 saturated heterocycles. The molecule has 2 N–H and O–H groups in total. The van der Waals surface area contributed by atoms with Gasteiger partial charge in [-0.1, -0.05) is 12.1 Å². The predicted octanol–water partition coefficient (Wildman–Crippen LogP) is 1.76. The summed E-state index contributed by atoms with van der Waals surface area (Å²) in [5.74, 6) is -3.23. The normalized spacial score (nSPS) is 16.6. The summed E-state index contributed by atoms with van der Waals surface area (Å²) in [4.78, 5) is 27.2. The Morgan fingerprint density at radius 2 is 2.03 bits per heavy atom. The highest BCUT2D eigenvalue weighted by Gasteiger charge is 2.33. The summed E-state index contributed by atoms with van der Waals surface area (Å²) in [5, 5.41) is 23.6. The number of hydrogen-bond acceptors (Lipinski definition) is 7. The lowest BCUT2D eigenvalue weighted by atomic mass is 10.1. The van der Waals surface area contributed by atoms with Crippen LogP contribution in [0.3, 0.4) is 0 Å². The number of alkyl halides is 2. The van der Waals surface area contributed by atoms with Crippen LogP contribution in [-0.2, 0) is 17.8 Å². The average Bonchev–Trinajstić information content (AvgIpc) is 3.18. The molecule has 190 valence electrons. The second kappa shape index (κ2) is 12.4. The third-order valence-corrected chi connectivity index (χ3v) is 7.06. The van der Waals surface area contributed by atoms with Crippen molar-refractivity contribution >= 4 is 34.7 Å². The molecule has 1 aliphatic rings.